The van der Waals surface area contributed by atoms with Gasteiger partial charge in [0.2, 0.25) is 0 Å². The van der Waals surface area contributed by atoms with Crippen LogP contribution in [0.15, 0.2) is 0 Å². The van der Waals surface area contributed by atoms with Crippen LogP contribution in [0.2, 0.25) is 0 Å². The van der Waals surface area contributed by atoms with E-state index in [1.165, 1.54) is 0 Å². The number of hydrogen-bond donors (Lipinski definition) is 1. The molecule has 0 aromatic carbocycles. The minimum atomic E-state index is -3.51. The van der Waals surface area contributed by atoms with Crippen LogP contribution in [0.4, 0.5) is 0 Å². The molecule has 0 bridgehead atoms. The zero-order valence-electron chi connectivity index (χ0n) is 8.11. The van der Waals surface area contributed by atoms with Crippen LogP contribution in [0.5, 0.6) is 0 Å². The van der Waals surface area contributed by atoms with Crippen LogP contribution in [0.1, 0.15) is 0 Å². The van der Waals surface area contributed by atoms with Gasteiger partial charge in [-0.3, -0.25) is 8.62 Å². The Labute approximate surface area is 124 Å². The van der Waals surface area contributed by atoms with Gasteiger partial charge >= 0.3 is 21.7 Å². The number of aliphatic hydroxyl groups excluding tert-OH is 1. The van der Waals surface area contributed by atoms with Gasteiger partial charge in [0.1, 0.15) is 39.1 Å². The van der Waals surface area contributed by atoms with Gasteiger partial charge in [0.15, 0.2) is 0 Å². The predicted octanol–water partition coefficient (Wildman–Crippen LogP) is -2.82. The molecule has 0 fully saturated rings. The van der Waals surface area contributed by atoms with E-state index in [0.29, 0.717) is 0 Å². The van der Waals surface area contributed by atoms with Gasteiger partial charge in [0.05, 0.1) is 0 Å². The van der Waals surface area contributed by atoms with Crippen LogP contribution in [-0.4, -0.2) is 11.2 Å². The summed E-state index contributed by atoms with van der Waals surface area (Å²) in [5, 5.41) is 7.33. The van der Waals surface area contributed by atoms with E-state index in [0.717, 1.165) is 0 Å². The summed E-state index contributed by atoms with van der Waals surface area (Å²) >= 11 is 4.55. The van der Waals surface area contributed by atoms with Gasteiger partial charge in [-0.15, -0.1) is 0 Å². The van der Waals surface area contributed by atoms with Crippen molar-refractivity contribution in [3.63, 3.8) is 0 Å². The first-order chi connectivity index (χ1) is 7.67. The third kappa shape index (κ3) is 52.6. The fraction of sp³-hybridized carbons (Fsp3) is 1.00. The van der Waals surface area contributed by atoms with Crippen LogP contribution in [0, 0.1) is 0 Å². The Balaban J connectivity index is -0.0000000857. The second-order valence-corrected chi connectivity index (χ2v) is 5.20. The normalized spacial score (nSPS) is 15.4. The summed E-state index contributed by atoms with van der Waals surface area (Å²) in [5.74, 6) is 0. The average Bonchev–Trinajstić information content (AvgIpc) is 1.99. The molecular weight excluding hydrogens is 395 g/mol. The van der Waals surface area contributed by atoms with Crippen molar-refractivity contribution < 1.29 is 73.3 Å². The Morgan fingerprint density at radius 1 is 0.833 bits per heavy atom. The van der Waals surface area contributed by atoms with Crippen LogP contribution >= 0.6 is 44.6 Å². The summed E-state index contributed by atoms with van der Waals surface area (Å²) in [5.41, 5.74) is 0. The third-order valence-corrected chi connectivity index (χ3v) is 3.00. The molecule has 0 aromatic rings. The standard InChI is InChI=1S/CH3ClO.2H4O5P2.Ti/c2-1-3;2*1-6(2)5-7(3)4;/h3H,1H2;2*6-7H,(H,1,2)(H,3,4);/q;;;+4/p-4. The summed E-state index contributed by atoms with van der Waals surface area (Å²) in [6.45, 7) is 0. The van der Waals surface area contributed by atoms with Gasteiger partial charge in [-0.25, -0.2) is 0 Å². The molecule has 4 unspecified atom stereocenters. The molecule has 17 heteroatoms. The molecule has 1 N–H and O–H groups in total. The SMILES string of the molecule is O=[PH]([O-])O[PH](=O)[O-].O=[PH]([O-])O[PH](=O)[O-].OCCl.[Ti+4]. The van der Waals surface area contributed by atoms with Crippen molar-refractivity contribution in [2.75, 3.05) is 6.07 Å². The Kier molecular flexibility index (Phi) is 32.5. The summed E-state index contributed by atoms with van der Waals surface area (Å²) < 4.78 is 43.6. The first kappa shape index (κ1) is 27.9. The van der Waals surface area contributed by atoms with Crippen LogP contribution in [0.25, 0.3) is 0 Å². The fourth-order valence-electron chi connectivity index (χ4n) is 0.136. The number of hydrogen-bond acceptors (Lipinski definition) is 11. The van der Waals surface area contributed by atoms with Crippen molar-refractivity contribution in [2.45, 2.75) is 0 Å². The molecule has 0 saturated carbocycles. The molecule has 4 atom stereocenters. The van der Waals surface area contributed by atoms with Crippen LogP contribution < -0.4 is 19.6 Å². The minimum absolute atomic E-state index is 0. The zero-order valence-corrected chi connectivity index (χ0v) is 14.4. The Morgan fingerprint density at radius 3 is 0.944 bits per heavy atom. The molecule has 0 heterocycles. The average molecular weight is 402 g/mol. The molecule has 11 nitrogen and oxygen atoms in total. The maximum absolute atomic E-state index is 9.29. The van der Waals surface area contributed by atoms with Crippen LogP contribution in [-0.2, 0) is 48.6 Å². The first-order valence-corrected chi connectivity index (χ1v) is 8.47. The Bertz CT molecular complexity index is 220. The zero-order chi connectivity index (χ0) is 14.4. The van der Waals surface area contributed by atoms with Gasteiger partial charge in [0, 0.05) is 0 Å². The maximum Gasteiger partial charge on any atom is 4.00 e. The minimum Gasteiger partial charge on any atom is -0.781 e. The molecule has 0 aliphatic heterocycles. The summed E-state index contributed by atoms with van der Waals surface area (Å²) in [7, 11) is -14.1. The van der Waals surface area contributed by atoms with Crippen molar-refractivity contribution in [3.05, 3.63) is 0 Å². The molecule has 0 aliphatic carbocycles. The number of aliphatic hydroxyl groups is 1. The summed E-state index contributed by atoms with van der Waals surface area (Å²) in [6.07, 6.45) is 0. The monoisotopic (exact) mass is 402 g/mol. The second-order valence-electron chi connectivity index (χ2n) is 1.32. The molecule has 0 spiro atoms. The molecule has 0 aromatic heterocycles. The van der Waals surface area contributed by atoms with E-state index in [4.69, 9.17) is 5.11 Å². The second kappa shape index (κ2) is 21.0. The first-order valence-electron chi connectivity index (χ1n) is 3.03. The van der Waals surface area contributed by atoms with Gasteiger partial charge in [0.25, 0.3) is 0 Å². The molecule has 0 saturated heterocycles. The van der Waals surface area contributed by atoms with Crippen molar-refractivity contribution in [1.29, 1.82) is 0 Å². The van der Waals surface area contributed by atoms with E-state index in [9.17, 15) is 37.8 Å². The fourth-order valence-corrected chi connectivity index (χ4v) is 1.22. The smallest absolute Gasteiger partial charge is 0.781 e. The van der Waals surface area contributed by atoms with Gasteiger partial charge in [-0.05, 0) is 0 Å². The van der Waals surface area contributed by atoms with Gasteiger partial charge in [-0.1, -0.05) is 11.6 Å². The van der Waals surface area contributed by atoms with E-state index in [1.807, 2.05) is 0 Å². The third-order valence-electron chi connectivity index (χ3n) is 0.333. The molecule has 108 valence electrons. The molecule has 0 aliphatic rings. The predicted molar refractivity (Wildman–Crippen MR) is 51.1 cm³/mol. The quantitative estimate of drug-likeness (QED) is 0.289. The van der Waals surface area contributed by atoms with E-state index in [-0.39, 0.29) is 27.8 Å². The maximum atomic E-state index is 9.29. The molecule has 0 radical (unpaired) electrons. The Morgan fingerprint density at radius 2 is 0.944 bits per heavy atom. The molecule has 18 heavy (non-hydrogen) atoms. The summed E-state index contributed by atoms with van der Waals surface area (Å²) in [6, 6.07) is -0.278. The van der Waals surface area contributed by atoms with E-state index >= 15 is 0 Å². The van der Waals surface area contributed by atoms with Crippen molar-refractivity contribution in [1.82, 2.24) is 0 Å². The van der Waals surface area contributed by atoms with E-state index in [1.54, 1.807) is 0 Å². The van der Waals surface area contributed by atoms with Gasteiger partial charge < -0.3 is 42.9 Å². The van der Waals surface area contributed by atoms with Crippen LogP contribution in [0.3, 0.4) is 0 Å². The molecule has 0 amide bonds. The largest absolute Gasteiger partial charge is 4.00 e. The van der Waals surface area contributed by atoms with Crippen molar-refractivity contribution in [2.24, 2.45) is 0 Å². The number of halogens is 1. The number of rotatable bonds is 4. The molecule has 0 rings (SSSR count). The van der Waals surface area contributed by atoms with Gasteiger partial charge in [-0.2, -0.15) is 0 Å². The van der Waals surface area contributed by atoms with E-state index in [2.05, 4.69) is 20.2 Å². The topological polar surface area (TPSA) is 199 Å². The number of alkyl halides is 1. The van der Waals surface area contributed by atoms with Crippen molar-refractivity contribution >= 4 is 44.6 Å². The summed E-state index contributed by atoms with van der Waals surface area (Å²) in [4.78, 5) is 37.1. The Hall–Kier alpha value is 1.64. The molecular formula is CH7ClO11P4Ti. The van der Waals surface area contributed by atoms with E-state index < -0.39 is 33.0 Å². The van der Waals surface area contributed by atoms with Crippen molar-refractivity contribution in [3.8, 4) is 0 Å².